The van der Waals surface area contributed by atoms with Crippen LogP contribution < -0.4 is 5.32 Å². The van der Waals surface area contributed by atoms with Crippen LogP contribution in [-0.4, -0.2) is 30.3 Å². The standard InChI is InChI=1S/C10H18F3NO2/c11-10(12,13)6-4-8-14-7-3-1-2-5-9(15)16/h14H,1-8H2,(H,15,16). The van der Waals surface area contributed by atoms with Crippen LogP contribution in [0.2, 0.25) is 0 Å². The third-order valence-electron chi connectivity index (χ3n) is 2.06. The van der Waals surface area contributed by atoms with E-state index in [4.69, 9.17) is 5.11 Å². The first-order chi connectivity index (χ1) is 7.42. The molecule has 0 spiro atoms. The Morgan fingerprint density at radius 2 is 1.69 bits per heavy atom. The molecule has 0 aliphatic rings. The SMILES string of the molecule is O=C(O)CCCCCNCCCC(F)(F)F. The van der Waals surface area contributed by atoms with Crippen molar-refractivity contribution in [3.05, 3.63) is 0 Å². The third-order valence-corrected chi connectivity index (χ3v) is 2.06. The normalized spacial score (nSPS) is 11.7. The molecule has 3 nitrogen and oxygen atoms in total. The molecular weight excluding hydrogens is 223 g/mol. The summed E-state index contributed by atoms with van der Waals surface area (Å²) in [6, 6.07) is 0. The Labute approximate surface area is 93.0 Å². The summed E-state index contributed by atoms with van der Waals surface area (Å²) in [5, 5.41) is 11.2. The van der Waals surface area contributed by atoms with Gasteiger partial charge >= 0.3 is 12.1 Å². The van der Waals surface area contributed by atoms with Crippen molar-refractivity contribution in [3.63, 3.8) is 0 Å². The lowest BCUT2D eigenvalue weighted by Crippen LogP contribution is -2.19. The predicted molar refractivity (Wildman–Crippen MR) is 54.3 cm³/mol. The Morgan fingerprint density at radius 1 is 1.06 bits per heavy atom. The Balaban J connectivity index is 3.07. The van der Waals surface area contributed by atoms with Crippen molar-refractivity contribution in [2.45, 2.75) is 44.7 Å². The summed E-state index contributed by atoms with van der Waals surface area (Å²) in [5.74, 6) is -0.807. The number of halogens is 3. The van der Waals surface area contributed by atoms with E-state index in [-0.39, 0.29) is 12.8 Å². The molecule has 0 fully saturated rings. The van der Waals surface area contributed by atoms with Crippen LogP contribution in [0.25, 0.3) is 0 Å². The van der Waals surface area contributed by atoms with Gasteiger partial charge in [0.05, 0.1) is 0 Å². The Kier molecular flexibility index (Phi) is 7.97. The fourth-order valence-corrected chi connectivity index (χ4v) is 1.24. The number of aliphatic carboxylic acids is 1. The molecule has 0 aromatic heterocycles. The number of unbranched alkanes of at least 4 members (excludes halogenated alkanes) is 2. The second-order valence-corrected chi connectivity index (χ2v) is 3.67. The van der Waals surface area contributed by atoms with Crippen LogP contribution in [0.5, 0.6) is 0 Å². The molecular formula is C10H18F3NO2. The lowest BCUT2D eigenvalue weighted by atomic mass is 10.2. The van der Waals surface area contributed by atoms with Gasteiger partial charge in [0.25, 0.3) is 0 Å². The molecule has 0 radical (unpaired) electrons. The number of alkyl halides is 3. The van der Waals surface area contributed by atoms with Crippen molar-refractivity contribution >= 4 is 5.97 Å². The molecule has 0 saturated heterocycles. The van der Waals surface area contributed by atoms with Gasteiger partial charge in [-0.05, 0) is 32.4 Å². The van der Waals surface area contributed by atoms with Crippen LogP contribution in [0.1, 0.15) is 38.5 Å². The second-order valence-electron chi connectivity index (χ2n) is 3.67. The smallest absolute Gasteiger partial charge is 0.389 e. The van der Waals surface area contributed by atoms with E-state index in [1.165, 1.54) is 0 Å². The molecule has 0 rings (SSSR count). The first-order valence-electron chi connectivity index (χ1n) is 5.41. The minimum atomic E-state index is -4.07. The van der Waals surface area contributed by atoms with Gasteiger partial charge in [0, 0.05) is 12.8 Å². The Morgan fingerprint density at radius 3 is 2.25 bits per heavy atom. The second kappa shape index (κ2) is 8.38. The average Bonchev–Trinajstić information content (AvgIpc) is 2.13. The van der Waals surface area contributed by atoms with Crippen LogP contribution in [0.4, 0.5) is 13.2 Å². The number of carbonyl (C=O) groups is 1. The molecule has 0 bridgehead atoms. The van der Waals surface area contributed by atoms with Gasteiger partial charge in [0.1, 0.15) is 0 Å². The van der Waals surface area contributed by atoms with Crippen LogP contribution in [0.3, 0.4) is 0 Å². The van der Waals surface area contributed by atoms with E-state index >= 15 is 0 Å². The zero-order valence-electron chi connectivity index (χ0n) is 9.15. The number of hydrogen-bond acceptors (Lipinski definition) is 2. The number of carboxylic acids is 1. The van der Waals surface area contributed by atoms with Gasteiger partial charge < -0.3 is 10.4 Å². The maximum absolute atomic E-state index is 11.7. The minimum absolute atomic E-state index is 0.0959. The molecule has 0 heterocycles. The molecule has 0 aromatic rings. The zero-order chi connectivity index (χ0) is 12.4. The quantitative estimate of drug-likeness (QED) is 0.610. The van der Waals surface area contributed by atoms with Crippen molar-refractivity contribution < 1.29 is 23.1 Å². The number of rotatable bonds is 9. The van der Waals surface area contributed by atoms with E-state index in [9.17, 15) is 18.0 Å². The van der Waals surface area contributed by atoms with E-state index in [1.54, 1.807) is 0 Å². The van der Waals surface area contributed by atoms with Gasteiger partial charge in [0.15, 0.2) is 0 Å². The fraction of sp³-hybridized carbons (Fsp3) is 0.900. The van der Waals surface area contributed by atoms with Crippen LogP contribution in [0, 0.1) is 0 Å². The molecule has 0 aliphatic heterocycles. The van der Waals surface area contributed by atoms with E-state index in [2.05, 4.69) is 5.32 Å². The molecule has 0 saturated carbocycles. The van der Waals surface area contributed by atoms with Gasteiger partial charge in [-0.15, -0.1) is 0 Å². The summed E-state index contributed by atoms with van der Waals surface area (Å²) in [6.45, 7) is 1.01. The van der Waals surface area contributed by atoms with Crippen molar-refractivity contribution in [1.29, 1.82) is 0 Å². The average molecular weight is 241 g/mol. The summed E-state index contributed by atoms with van der Waals surface area (Å²) in [7, 11) is 0. The van der Waals surface area contributed by atoms with E-state index in [0.717, 1.165) is 12.8 Å². The summed E-state index contributed by atoms with van der Waals surface area (Å²) in [4.78, 5) is 10.1. The van der Waals surface area contributed by atoms with Crippen molar-refractivity contribution in [3.8, 4) is 0 Å². The fourth-order valence-electron chi connectivity index (χ4n) is 1.24. The highest BCUT2D eigenvalue weighted by atomic mass is 19.4. The van der Waals surface area contributed by atoms with Gasteiger partial charge in [-0.1, -0.05) is 6.42 Å². The van der Waals surface area contributed by atoms with Gasteiger partial charge in [-0.25, -0.2) is 0 Å². The topological polar surface area (TPSA) is 49.3 Å². The van der Waals surface area contributed by atoms with Crippen LogP contribution in [0.15, 0.2) is 0 Å². The van der Waals surface area contributed by atoms with Crippen molar-refractivity contribution in [2.75, 3.05) is 13.1 Å². The van der Waals surface area contributed by atoms with Gasteiger partial charge in [-0.3, -0.25) is 4.79 Å². The summed E-state index contributed by atoms with van der Waals surface area (Å²) < 4.78 is 35.2. The number of hydrogen-bond donors (Lipinski definition) is 2. The molecule has 0 aliphatic carbocycles. The minimum Gasteiger partial charge on any atom is -0.481 e. The molecule has 6 heteroatoms. The summed E-state index contributed by atoms with van der Waals surface area (Å²) >= 11 is 0. The largest absolute Gasteiger partial charge is 0.481 e. The maximum atomic E-state index is 11.7. The highest BCUT2D eigenvalue weighted by molar-refractivity contribution is 5.66. The molecule has 0 aromatic carbocycles. The highest BCUT2D eigenvalue weighted by Gasteiger charge is 2.25. The van der Waals surface area contributed by atoms with E-state index in [1.807, 2.05) is 0 Å². The Hall–Kier alpha value is -0.780. The van der Waals surface area contributed by atoms with E-state index < -0.39 is 18.6 Å². The monoisotopic (exact) mass is 241 g/mol. The third kappa shape index (κ3) is 13.2. The summed E-state index contributed by atoms with van der Waals surface area (Å²) in [6.07, 6.45) is -2.34. The van der Waals surface area contributed by atoms with E-state index in [0.29, 0.717) is 19.5 Å². The molecule has 2 N–H and O–H groups in total. The van der Waals surface area contributed by atoms with Crippen LogP contribution >= 0.6 is 0 Å². The lowest BCUT2D eigenvalue weighted by molar-refractivity contribution is -0.137. The van der Waals surface area contributed by atoms with Gasteiger partial charge in [0.2, 0.25) is 0 Å². The first-order valence-corrected chi connectivity index (χ1v) is 5.41. The predicted octanol–water partition coefficient (Wildman–Crippen LogP) is 2.56. The molecule has 0 atom stereocenters. The van der Waals surface area contributed by atoms with Crippen molar-refractivity contribution in [2.24, 2.45) is 0 Å². The zero-order valence-corrected chi connectivity index (χ0v) is 9.15. The number of carboxylic acid groups (broad SMARTS) is 1. The number of nitrogens with one attached hydrogen (secondary N) is 1. The Bertz CT molecular complexity index is 195. The highest BCUT2D eigenvalue weighted by Crippen LogP contribution is 2.20. The molecule has 96 valence electrons. The van der Waals surface area contributed by atoms with Crippen molar-refractivity contribution in [1.82, 2.24) is 5.32 Å². The van der Waals surface area contributed by atoms with Gasteiger partial charge in [-0.2, -0.15) is 13.2 Å². The summed E-state index contributed by atoms with van der Waals surface area (Å²) in [5.41, 5.74) is 0. The molecule has 0 amide bonds. The molecule has 0 unspecified atom stereocenters. The van der Waals surface area contributed by atoms with Crippen LogP contribution in [-0.2, 0) is 4.79 Å². The lowest BCUT2D eigenvalue weighted by Gasteiger charge is -2.06. The first kappa shape index (κ1) is 15.2. The molecule has 16 heavy (non-hydrogen) atoms. The maximum Gasteiger partial charge on any atom is 0.389 e.